The summed E-state index contributed by atoms with van der Waals surface area (Å²) < 4.78 is 0. The molecule has 1 heterocycles. The summed E-state index contributed by atoms with van der Waals surface area (Å²) in [7, 11) is 0. The zero-order valence-electron chi connectivity index (χ0n) is 17.1. The van der Waals surface area contributed by atoms with Gasteiger partial charge in [-0.3, -0.25) is 0 Å². The highest BCUT2D eigenvalue weighted by molar-refractivity contribution is 5.38. The van der Waals surface area contributed by atoms with Crippen molar-refractivity contribution in [2.24, 2.45) is 17.8 Å². The van der Waals surface area contributed by atoms with Gasteiger partial charge in [0.05, 0.1) is 0 Å². The molecule has 0 bridgehead atoms. The minimum Gasteiger partial charge on any atom is -0.352 e. The molecular formula is C21H41N. The fourth-order valence-electron chi connectivity index (χ4n) is 1.95. The van der Waals surface area contributed by atoms with E-state index in [9.17, 15) is 0 Å². The summed E-state index contributed by atoms with van der Waals surface area (Å²) in [5.74, 6) is 2.00. The van der Waals surface area contributed by atoms with Crippen molar-refractivity contribution >= 4 is 0 Å². The number of hydrogen-bond acceptors (Lipinski definition) is 1. The third-order valence-electron chi connectivity index (χ3n) is 3.00. The predicted octanol–water partition coefficient (Wildman–Crippen LogP) is 7.03. The Bertz CT molecular complexity index is 351. The van der Waals surface area contributed by atoms with Crippen LogP contribution in [0, 0.1) is 17.8 Å². The third-order valence-corrected chi connectivity index (χ3v) is 3.00. The minimum atomic E-state index is 0.518. The Hall–Kier alpha value is -0.980. The van der Waals surface area contributed by atoms with Crippen molar-refractivity contribution in [2.45, 2.75) is 82.2 Å². The van der Waals surface area contributed by atoms with E-state index >= 15 is 0 Å². The molecule has 0 N–H and O–H groups in total. The molecule has 1 aliphatic heterocycles. The highest BCUT2D eigenvalue weighted by Gasteiger charge is 2.16. The Kier molecular flexibility index (Phi) is 13.3. The van der Waals surface area contributed by atoms with Crippen LogP contribution in [-0.2, 0) is 0 Å². The molecule has 1 heteroatoms. The highest BCUT2D eigenvalue weighted by Crippen LogP contribution is 2.28. The Labute approximate surface area is 141 Å². The van der Waals surface area contributed by atoms with Gasteiger partial charge in [0.15, 0.2) is 0 Å². The lowest BCUT2D eigenvalue weighted by atomic mass is 9.88. The van der Waals surface area contributed by atoms with Crippen LogP contribution in [-0.4, -0.2) is 10.9 Å². The van der Waals surface area contributed by atoms with Gasteiger partial charge in [-0.1, -0.05) is 68.4 Å². The highest BCUT2D eigenvalue weighted by atomic mass is 15.1. The maximum atomic E-state index is 2.31. The maximum Gasteiger partial charge on any atom is 0.0274 e. The first kappa shape index (κ1) is 23.3. The molecule has 1 nitrogen and oxygen atoms in total. The number of allylic oxidation sites excluding steroid dienone is 4. The van der Waals surface area contributed by atoms with Gasteiger partial charge in [0, 0.05) is 18.4 Å². The van der Waals surface area contributed by atoms with Crippen molar-refractivity contribution in [1.29, 1.82) is 0 Å². The van der Waals surface area contributed by atoms with Gasteiger partial charge in [-0.25, -0.2) is 0 Å². The summed E-state index contributed by atoms with van der Waals surface area (Å²) in [6.07, 6.45) is 8.91. The van der Waals surface area contributed by atoms with E-state index in [0.717, 1.165) is 5.92 Å². The van der Waals surface area contributed by atoms with E-state index in [-0.39, 0.29) is 0 Å². The number of hydrogen-bond donors (Lipinski definition) is 0. The van der Waals surface area contributed by atoms with Crippen molar-refractivity contribution in [3.63, 3.8) is 0 Å². The van der Waals surface area contributed by atoms with E-state index < -0.39 is 0 Å². The third kappa shape index (κ3) is 9.87. The van der Waals surface area contributed by atoms with E-state index in [1.54, 1.807) is 0 Å². The van der Waals surface area contributed by atoms with Crippen LogP contribution in [0.4, 0.5) is 0 Å². The molecule has 1 aliphatic rings. The molecule has 0 saturated carbocycles. The molecule has 0 aromatic heterocycles. The fraction of sp³-hybridized carbons (Fsp3) is 0.714. The van der Waals surface area contributed by atoms with Crippen LogP contribution in [0.1, 0.15) is 76.2 Å². The summed E-state index contributed by atoms with van der Waals surface area (Å²) in [5, 5.41) is 0. The molecule has 0 aromatic rings. The summed E-state index contributed by atoms with van der Waals surface area (Å²) in [4.78, 5) is 2.29. The quantitative estimate of drug-likeness (QED) is 0.540. The molecule has 0 spiro atoms. The topological polar surface area (TPSA) is 3.24 Å². The second-order valence-corrected chi connectivity index (χ2v) is 7.13. The van der Waals surface area contributed by atoms with Crippen LogP contribution in [0.5, 0.6) is 0 Å². The SMILES string of the molecule is CC.CC(C)C.CC(C)C1=CC=CN(C(C)C)C=C1C(C)C. The van der Waals surface area contributed by atoms with Gasteiger partial charge in [0.2, 0.25) is 0 Å². The van der Waals surface area contributed by atoms with E-state index in [1.807, 2.05) is 13.8 Å². The van der Waals surface area contributed by atoms with E-state index in [1.165, 1.54) is 11.1 Å². The first-order valence-electron chi connectivity index (χ1n) is 9.04. The molecule has 0 amide bonds. The molecule has 0 fully saturated rings. The van der Waals surface area contributed by atoms with Crippen LogP contribution in [0.15, 0.2) is 35.7 Å². The second kappa shape index (κ2) is 12.6. The summed E-state index contributed by atoms with van der Waals surface area (Å²) in [5.41, 5.74) is 2.93. The van der Waals surface area contributed by atoms with E-state index in [2.05, 4.69) is 91.8 Å². The smallest absolute Gasteiger partial charge is 0.0274 e. The van der Waals surface area contributed by atoms with Crippen molar-refractivity contribution in [2.75, 3.05) is 0 Å². The summed E-state index contributed by atoms with van der Waals surface area (Å²) >= 11 is 0. The molecule has 1 rings (SSSR count). The van der Waals surface area contributed by atoms with Crippen molar-refractivity contribution in [3.05, 3.63) is 35.7 Å². The zero-order chi connectivity index (χ0) is 17.9. The molecule has 0 saturated heterocycles. The molecule has 130 valence electrons. The van der Waals surface area contributed by atoms with Gasteiger partial charge in [-0.2, -0.15) is 0 Å². The maximum absolute atomic E-state index is 2.31. The van der Waals surface area contributed by atoms with Crippen LogP contribution in [0.25, 0.3) is 0 Å². The van der Waals surface area contributed by atoms with Crippen LogP contribution in [0.3, 0.4) is 0 Å². The Morgan fingerprint density at radius 1 is 0.727 bits per heavy atom. The van der Waals surface area contributed by atoms with Crippen molar-refractivity contribution < 1.29 is 0 Å². The second-order valence-electron chi connectivity index (χ2n) is 7.13. The van der Waals surface area contributed by atoms with Crippen LogP contribution >= 0.6 is 0 Å². The van der Waals surface area contributed by atoms with Gasteiger partial charge >= 0.3 is 0 Å². The number of nitrogens with zero attached hydrogens (tertiary/aromatic N) is 1. The van der Waals surface area contributed by atoms with Crippen LogP contribution < -0.4 is 0 Å². The fourth-order valence-corrected chi connectivity index (χ4v) is 1.95. The molecule has 0 unspecified atom stereocenters. The lowest BCUT2D eigenvalue weighted by Gasteiger charge is -2.24. The standard InChI is InChI=1S/C15H25N.C4H10.C2H6/c1-11(2)14-8-7-9-16(13(5)6)10-15(14)12(3)4;1-4(2)3;1-2/h7-13H,1-6H3;4H,1-3H3;1-2H3. The van der Waals surface area contributed by atoms with E-state index in [0.29, 0.717) is 17.9 Å². The van der Waals surface area contributed by atoms with Crippen molar-refractivity contribution in [3.8, 4) is 0 Å². The zero-order valence-corrected chi connectivity index (χ0v) is 17.1. The molecule has 22 heavy (non-hydrogen) atoms. The largest absolute Gasteiger partial charge is 0.352 e. The first-order valence-corrected chi connectivity index (χ1v) is 9.04. The molecule has 0 radical (unpaired) electrons. The van der Waals surface area contributed by atoms with Gasteiger partial charge < -0.3 is 4.90 Å². The number of rotatable bonds is 3. The molecular weight excluding hydrogens is 266 g/mol. The Balaban J connectivity index is 0. The molecule has 0 aliphatic carbocycles. The van der Waals surface area contributed by atoms with Crippen LogP contribution in [0.2, 0.25) is 0 Å². The normalized spacial score (nSPS) is 14.2. The average molecular weight is 308 g/mol. The summed E-state index contributed by atoms with van der Waals surface area (Å²) in [6.45, 7) is 24.0. The minimum absolute atomic E-state index is 0.518. The van der Waals surface area contributed by atoms with Gasteiger partial charge in [-0.05, 0) is 48.8 Å². The Morgan fingerprint density at radius 3 is 1.45 bits per heavy atom. The lowest BCUT2D eigenvalue weighted by Crippen LogP contribution is -2.20. The van der Waals surface area contributed by atoms with Crippen molar-refractivity contribution in [1.82, 2.24) is 4.90 Å². The molecule has 0 atom stereocenters. The van der Waals surface area contributed by atoms with Gasteiger partial charge in [-0.15, -0.1) is 0 Å². The average Bonchev–Trinajstić information content (AvgIpc) is 2.63. The first-order chi connectivity index (χ1) is 10.2. The van der Waals surface area contributed by atoms with E-state index in [4.69, 9.17) is 0 Å². The van der Waals surface area contributed by atoms with Gasteiger partial charge in [0.25, 0.3) is 0 Å². The monoisotopic (exact) mass is 307 g/mol. The lowest BCUT2D eigenvalue weighted by molar-refractivity contribution is 0.411. The predicted molar refractivity (Wildman–Crippen MR) is 104 cm³/mol. The molecule has 0 aromatic carbocycles. The summed E-state index contributed by atoms with van der Waals surface area (Å²) in [6, 6.07) is 0.518. The van der Waals surface area contributed by atoms with Gasteiger partial charge in [0.1, 0.15) is 0 Å². The Morgan fingerprint density at radius 2 is 1.14 bits per heavy atom.